The predicted octanol–water partition coefficient (Wildman–Crippen LogP) is 4.11. The number of carbonyl (C=O) groups is 3. The van der Waals surface area contributed by atoms with E-state index in [1.807, 2.05) is 61.4 Å². The first kappa shape index (κ1) is 104. The van der Waals surface area contributed by atoms with E-state index in [-0.39, 0.29) is 74.2 Å². The number of ketones is 1. The van der Waals surface area contributed by atoms with Crippen molar-refractivity contribution >= 4 is 55.3 Å². The second-order valence-corrected chi connectivity index (χ2v) is 35.5. The minimum Gasteiger partial charge on any atom is -0.459 e. The molecule has 1 amide bonds. The van der Waals surface area contributed by atoms with Gasteiger partial charge in [-0.2, -0.15) is 8.42 Å². The number of halogens is 2. The number of aliphatic hydroxyl groups excluding tert-OH is 7. The average Bonchev–Trinajstić information content (AvgIpc) is 0.957. The van der Waals surface area contributed by atoms with Gasteiger partial charge in [0.05, 0.1) is 127 Å². The predicted molar refractivity (Wildman–Crippen MR) is 452 cm³/mol. The highest BCUT2D eigenvalue weighted by Gasteiger charge is 2.54. The number of terminal acetylenes is 4. The zero-order chi connectivity index (χ0) is 91.2. The Morgan fingerprint density at radius 3 is 1.80 bits per heavy atom. The standard InChI is InChI=1S/C39H67NO13.C24H33FN6O6.C10H17NO3.C10H10O3S.C3H3Br/c1-14-16-40(12)26-17-21(4)49-36(30(26)42)53-34-23(6)31(52-28-19-38(10,48-13)33(44)25(8)50-28)24(7)35(45)51-27(15-2)39(11,47)32(43)22(5)29(41)20(3)18-37(34,9)46;1-15-9-21(22(32)23(33)36-15)28(2)11-16-12-30(27-26-16)13-18-14-31(24(34)37-18)17-3-4-20(19(25)10-17)29-5-7-35-8-6-29;1-4-5-11(3)8-6-7(2)14-10(13)9(8)12;1-3-8-13-14(11,12)10-6-4-9(2)5-7-10;1-2-3-4/h1,20-28,30-34,36,42-44,46-47H,15-19H2,2-13H3;3-4,10,12,15,18,21-23,32-33H,5-9,11,13-14H2,1-2H3;1,7-10,12-13H,5-6H2,2-3H3;1,4-7H,8H2,2H3;1H,3H2/t20-,21-,22+,23+,24-,25+,26+,27-,28+,30-,31+,32-,33+,34-,36+,37-,38-,39-;15-,18+,21+,22-,23?;7-,8+,9-,10?;;/m111../s1. The number of ether oxygens (including phenoxy) is 10. The Kier molecular flexibility index (Phi) is 40.5. The fraction of sp³-hybridized carbons (Fsp3) is 0.709. The third kappa shape index (κ3) is 28.0. The van der Waals surface area contributed by atoms with Crippen LogP contribution in [0.1, 0.15) is 133 Å². The summed E-state index contributed by atoms with van der Waals surface area (Å²) in [5, 5.41) is 106. The Hall–Kier alpha value is -6.45. The van der Waals surface area contributed by atoms with Gasteiger partial charge >= 0.3 is 12.1 Å². The molecule has 0 aliphatic carbocycles. The van der Waals surface area contributed by atoms with Crippen LogP contribution in [0.2, 0.25) is 0 Å². The monoisotopic (exact) mass is 1800 g/mol. The molecule has 122 heavy (non-hydrogen) atoms. The van der Waals surface area contributed by atoms with Crippen molar-refractivity contribution in [2.75, 3.05) is 95.9 Å². The molecular weight excluding hydrogens is 1680 g/mol. The normalized spacial score (nSPS) is 35.4. The lowest BCUT2D eigenvalue weighted by molar-refractivity contribution is -0.318. The molecule has 7 aliphatic rings. The zero-order valence-electron chi connectivity index (χ0n) is 73.1. The van der Waals surface area contributed by atoms with Crippen LogP contribution in [-0.4, -0.2) is 327 Å². The van der Waals surface area contributed by atoms with Gasteiger partial charge in [-0.1, -0.05) is 90.2 Å². The number of cyclic esters (lactones) is 2. The molecule has 27 atom stereocenters. The van der Waals surface area contributed by atoms with Gasteiger partial charge in [0.1, 0.15) is 60.4 Å². The molecule has 36 heteroatoms. The van der Waals surface area contributed by atoms with Crippen molar-refractivity contribution in [1.82, 2.24) is 29.7 Å². The van der Waals surface area contributed by atoms with Crippen molar-refractivity contribution in [3.8, 4) is 49.4 Å². The van der Waals surface area contributed by atoms with Crippen molar-refractivity contribution in [3.63, 3.8) is 0 Å². The number of amides is 1. The summed E-state index contributed by atoms with van der Waals surface area (Å²) in [6, 6.07) is 10.3. The van der Waals surface area contributed by atoms with Gasteiger partial charge in [0.2, 0.25) is 0 Å². The fourth-order valence-electron chi connectivity index (χ4n) is 16.3. The largest absolute Gasteiger partial charge is 0.459 e. The Morgan fingerprint density at radius 1 is 0.713 bits per heavy atom. The summed E-state index contributed by atoms with van der Waals surface area (Å²) in [5.41, 5.74) is -2.31. The van der Waals surface area contributed by atoms with E-state index < -0.39 is 166 Å². The third-order valence-corrected chi connectivity index (χ3v) is 24.9. The maximum Gasteiger partial charge on any atom is 0.414 e. The summed E-state index contributed by atoms with van der Waals surface area (Å²) in [6.07, 6.45) is 7.71. The number of morpholine rings is 1. The molecule has 10 rings (SSSR count). The van der Waals surface area contributed by atoms with Crippen LogP contribution in [0.25, 0.3) is 0 Å². The van der Waals surface area contributed by atoms with E-state index in [9.17, 15) is 73.2 Å². The Morgan fingerprint density at radius 2 is 1.27 bits per heavy atom. The second kappa shape index (κ2) is 47.4. The van der Waals surface area contributed by atoms with E-state index >= 15 is 0 Å². The van der Waals surface area contributed by atoms with E-state index in [1.54, 1.807) is 83.7 Å². The number of aromatic nitrogens is 3. The topological polar surface area (TPSA) is 416 Å². The molecule has 9 N–H and O–H groups in total. The van der Waals surface area contributed by atoms with Crippen LogP contribution in [0.5, 0.6) is 0 Å². The van der Waals surface area contributed by atoms with Crippen LogP contribution < -0.4 is 9.80 Å². The Bertz CT molecular complexity index is 4090. The highest BCUT2D eigenvalue weighted by atomic mass is 79.9. The lowest BCUT2D eigenvalue weighted by Crippen LogP contribution is -2.61. The quantitative estimate of drug-likeness (QED) is 0.0332. The number of benzene rings is 2. The molecule has 33 nitrogen and oxygen atoms in total. The number of carbonyl (C=O) groups excluding carboxylic acids is 3. The number of Topliss-reactive ketones (excluding diaryl/α,β-unsaturated/α-hetero) is 1. The number of methoxy groups -OCH3 is 1. The van der Waals surface area contributed by atoms with Gasteiger partial charge in [0.15, 0.2) is 25.2 Å². The number of hydrogen-bond acceptors (Lipinski definition) is 31. The van der Waals surface area contributed by atoms with Crippen molar-refractivity contribution in [2.24, 2.45) is 23.7 Å². The zero-order valence-corrected chi connectivity index (χ0v) is 75.5. The lowest BCUT2D eigenvalue weighted by atomic mass is 9.74. The van der Waals surface area contributed by atoms with E-state index in [0.29, 0.717) is 87.6 Å². The Balaban J connectivity index is 0.000000284. The van der Waals surface area contributed by atoms with Crippen LogP contribution in [0.3, 0.4) is 0 Å². The molecule has 0 spiro atoms. The Labute approximate surface area is 726 Å². The molecule has 0 bridgehead atoms. The average molecular weight is 1810 g/mol. The number of nitrogens with zero attached hydrogens (tertiary/aromatic N) is 8. The summed E-state index contributed by atoms with van der Waals surface area (Å²) in [4.78, 5) is 49.6. The summed E-state index contributed by atoms with van der Waals surface area (Å²) in [7, 11) is 3.26. The highest BCUT2D eigenvalue weighted by Crippen LogP contribution is 2.42. The minimum atomic E-state index is -3.68. The van der Waals surface area contributed by atoms with Crippen molar-refractivity contribution in [3.05, 3.63) is 65.7 Å². The first-order valence-corrected chi connectivity index (χ1v) is 43.6. The number of aryl methyl sites for hydroxylation is 1. The molecule has 2 unspecified atom stereocenters. The van der Waals surface area contributed by atoms with Gasteiger partial charge < -0.3 is 98.2 Å². The summed E-state index contributed by atoms with van der Waals surface area (Å²) < 4.78 is 102. The fourth-order valence-corrected chi connectivity index (χ4v) is 17.2. The number of anilines is 2. The molecule has 7 saturated heterocycles. The van der Waals surface area contributed by atoms with E-state index in [0.717, 1.165) is 5.56 Å². The second-order valence-electron chi connectivity index (χ2n) is 33.3. The lowest BCUT2D eigenvalue weighted by Gasteiger charge is -2.49. The molecule has 3 aromatic rings. The molecular formula is C86H130BrFN8O25S. The van der Waals surface area contributed by atoms with Gasteiger partial charge in [0.25, 0.3) is 10.1 Å². The number of esters is 1. The number of hydrogen-bond donors (Lipinski definition) is 9. The van der Waals surface area contributed by atoms with Crippen LogP contribution in [0, 0.1) is 85.8 Å². The summed E-state index contributed by atoms with van der Waals surface area (Å²) >= 11 is 3.01. The minimum absolute atomic E-state index is 0.0568. The van der Waals surface area contributed by atoms with Gasteiger partial charge in [-0.15, -0.1) is 30.8 Å². The van der Waals surface area contributed by atoms with E-state index in [4.69, 9.17) is 73.1 Å². The van der Waals surface area contributed by atoms with E-state index in [2.05, 4.69) is 54.1 Å². The van der Waals surface area contributed by atoms with Crippen molar-refractivity contribution in [1.29, 1.82) is 0 Å². The SMILES string of the molecule is C#CCBr.C#CCN(C)[C@H]1C[C@@H](C)OC(O)[C@@H]1O.C#CCN(C)[C@H]1C[C@@H](C)O[C@@H](O[C@@H]2[C@@H](C)[C@H](O[C@H]3C[C@@](C)(OC)[C@@H](O)[C@H](C)O3)[C@@H](C)C(=O)O[C@H](CC)[C@@](C)(O)[C@H](O)[C@@H](C)C(=O)[C@H](C)C[C@@]2(C)O)[C@@H]1O.C#CCOS(=O)(=O)c1ccc(C)cc1.C[C@@H]1C[C@H](N(C)Cc2cn(C[C@H]3CN(c4ccc(N5CCOCC5)c(F)c4)C(=O)O3)nn2)[C@@H](O)C(O)O1. The number of likely N-dealkylation sites (N-methyl/N-ethyl adjacent to an activating group) is 3. The third-order valence-electron chi connectivity index (χ3n) is 23.3. The molecule has 1 aromatic heterocycles. The van der Waals surface area contributed by atoms with Crippen molar-refractivity contribution < 1.29 is 125 Å². The van der Waals surface area contributed by atoms with Gasteiger partial charge in [-0.3, -0.25) is 33.4 Å². The summed E-state index contributed by atoms with van der Waals surface area (Å²) in [5.74, 6) is 4.06. The smallest absolute Gasteiger partial charge is 0.414 e. The number of alkyl halides is 1. The van der Waals surface area contributed by atoms with Crippen LogP contribution in [0.4, 0.5) is 20.6 Å². The van der Waals surface area contributed by atoms with Crippen LogP contribution in [0.15, 0.2) is 53.6 Å². The van der Waals surface area contributed by atoms with Crippen LogP contribution >= 0.6 is 15.9 Å². The first-order valence-electron chi connectivity index (χ1n) is 41.1. The number of aliphatic hydroxyl groups is 9. The number of rotatable bonds is 20. The molecule has 7 fully saturated rings. The van der Waals surface area contributed by atoms with Gasteiger partial charge in [-0.05, 0) is 146 Å². The molecule has 0 radical (unpaired) electrons. The maximum atomic E-state index is 14.8. The molecule has 7 aliphatic heterocycles. The summed E-state index contributed by atoms with van der Waals surface area (Å²) in [6.45, 7) is 25.6. The molecule has 684 valence electrons. The molecule has 0 saturated carbocycles. The highest BCUT2D eigenvalue weighted by molar-refractivity contribution is 9.09. The van der Waals surface area contributed by atoms with Gasteiger partial charge in [-0.25, -0.2) is 13.9 Å². The molecule has 2 aromatic carbocycles. The van der Waals surface area contributed by atoms with E-state index in [1.165, 1.54) is 51.0 Å². The molecule has 8 heterocycles. The van der Waals surface area contributed by atoms with Crippen LogP contribution in [-0.2, 0) is 84.3 Å². The first-order chi connectivity index (χ1) is 57.3. The van der Waals surface area contributed by atoms with Crippen molar-refractivity contribution in [2.45, 2.75) is 286 Å². The van der Waals surface area contributed by atoms with Gasteiger partial charge in [0, 0.05) is 75.2 Å². The maximum absolute atomic E-state index is 14.8.